The predicted molar refractivity (Wildman–Crippen MR) is 89.9 cm³/mol. The number of amides is 1. The van der Waals surface area contributed by atoms with E-state index in [1.165, 1.54) is 4.31 Å². The molecule has 0 bridgehead atoms. The van der Waals surface area contributed by atoms with E-state index < -0.39 is 10.0 Å². The number of hydrogen-bond donors (Lipinski definition) is 0. The van der Waals surface area contributed by atoms with Crippen LogP contribution in [0.3, 0.4) is 0 Å². The zero-order chi connectivity index (χ0) is 16.6. The van der Waals surface area contributed by atoms with Gasteiger partial charge in [-0.1, -0.05) is 23.7 Å². The van der Waals surface area contributed by atoms with E-state index in [1.54, 1.807) is 11.8 Å². The van der Waals surface area contributed by atoms with Crippen LogP contribution in [0.15, 0.2) is 24.3 Å². The molecule has 0 aromatic heterocycles. The fourth-order valence-electron chi connectivity index (χ4n) is 3.18. The average Bonchev–Trinajstić information content (AvgIpc) is 3.35. The number of rotatable bonds is 4. The summed E-state index contributed by atoms with van der Waals surface area (Å²) >= 11 is 6.01. The smallest absolute Gasteiger partial charge is 0.226 e. The Morgan fingerprint density at radius 3 is 2.57 bits per heavy atom. The van der Waals surface area contributed by atoms with Crippen LogP contribution in [0.5, 0.6) is 0 Å². The maximum atomic E-state index is 12.6. The van der Waals surface area contributed by atoms with Crippen LogP contribution < -0.4 is 0 Å². The van der Waals surface area contributed by atoms with E-state index in [2.05, 4.69) is 0 Å². The molecule has 1 aromatic carbocycles. The number of benzene rings is 1. The van der Waals surface area contributed by atoms with Gasteiger partial charge >= 0.3 is 0 Å². The molecule has 126 valence electrons. The van der Waals surface area contributed by atoms with Crippen LogP contribution in [0.4, 0.5) is 0 Å². The minimum absolute atomic E-state index is 0.0165. The van der Waals surface area contributed by atoms with Crippen LogP contribution in [-0.2, 0) is 14.8 Å². The SMILES string of the molecule is CCS(=O)(=O)N1CCN(C(=O)C2CC2c2cccc(Cl)c2)CC1. The molecule has 1 saturated carbocycles. The molecule has 2 atom stereocenters. The molecule has 0 radical (unpaired) electrons. The summed E-state index contributed by atoms with van der Waals surface area (Å²) in [5.41, 5.74) is 1.11. The van der Waals surface area contributed by atoms with Gasteiger partial charge in [0.1, 0.15) is 0 Å². The summed E-state index contributed by atoms with van der Waals surface area (Å²) in [5, 5.41) is 0.694. The van der Waals surface area contributed by atoms with Crippen LogP contribution in [0, 0.1) is 5.92 Å². The summed E-state index contributed by atoms with van der Waals surface area (Å²) in [6, 6.07) is 7.67. The van der Waals surface area contributed by atoms with Gasteiger partial charge in [-0.2, -0.15) is 4.31 Å². The van der Waals surface area contributed by atoms with Gasteiger partial charge in [-0.15, -0.1) is 0 Å². The van der Waals surface area contributed by atoms with Crippen LogP contribution in [-0.4, -0.2) is 55.5 Å². The largest absolute Gasteiger partial charge is 0.340 e. The van der Waals surface area contributed by atoms with E-state index >= 15 is 0 Å². The molecular formula is C16H21ClN2O3S. The molecule has 1 aliphatic heterocycles. The van der Waals surface area contributed by atoms with Gasteiger partial charge in [0.25, 0.3) is 0 Å². The van der Waals surface area contributed by atoms with E-state index in [4.69, 9.17) is 11.6 Å². The first-order chi connectivity index (χ1) is 10.9. The lowest BCUT2D eigenvalue weighted by Gasteiger charge is -2.34. The molecule has 1 amide bonds. The Morgan fingerprint density at radius 2 is 1.96 bits per heavy atom. The van der Waals surface area contributed by atoms with Crippen molar-refractivity contribution in [3.63, 3.8) is 0 Å². The molecule has 3 rings (SSSR count). The number of carbonyl (C=O) groups excluding carboxylic acids is 1. The molecule has 1 aromatic rings. The van der Waals surface area contributed by atoms with E-state index in [-0.39, 0.29) is 23.5 Å². The first-order valence-electron chi connectivity index (χ1n) is 7.94. The molecule has 1 saturated heterocycles. The van der Waals surface area contributed by atoms with Crippen molar-refractivity contribution in [2.75, 3.05) is 31.9 Å². The van der Waals surface area contributed by atoms with Crippen molar-refractivity contribution in [2.45, 2.75) is 19.3 Å². The van der Waals surface area contributed by atoms with Crippen molar-refractivity contribution in [3.8, 4) is 0 Å². The van der Waals surface area contributed by atoms with E-state index in [1.807, 2.05) is 24.3 Å². The quantitative estimate of drug-likeness (QED) is 0.828. The van der Waals surface area contributed by atoms with Crippen molar-refractivity contribution in [3.05, 3.63) is 34.9 Å². The monoisotopic (exact) mass is 356 g/mol. The average molecular weight is 357 g/mol. The third kappa shape index (κ3) is 3.54. The third-order valence-electron chi connectivity index (χ3n) is 4.69. The molecule has 2 fully saturated rings. The summed E-state index contributed by atoms with van der Waals surface area (Å²) in [4.78, 5) is 14.4. The highest BCUT2D eigenvalue weighted by atomic mass is 35.5. The predicted octanol–water partition coefficient (Wildman–Crippen LogP) is 1.94. The zero-order valence-corrected chi connectivity index (χ0v) is 14.7. The van der Waals surface area contributed by atoms with Crippen molar-refractivity contribution >= 4 is 27.5 Å². The van der Waals surface area contributed by atoms with Gasteiger partial charge in [-0.05, 0) is 37.0 Å². The van der Waals surface area contributed by atoms with Crippen LogP contribution in [0.1, 0.15) is 24.8 Å². The van der Waals surface area contributed by atoms with Crippen LogP contribution in [0.25, 0.3) is 0 Å². The molecular weight excluding hydrogens is 336 g/mol. The third-order valence-corrected chi connectivity index (χ3v) is 6.81. The van der Waals surface area contributed by atoms with Crippen LogP contribution in [0.2, 0.25) is 5.02 Å². The lowest BCUT2D eigenvalue weighted by atomic mass is 10.1. The molecule has 7 heteroatoms. The Kier molecular flexibility index (Phi) is 4.67. The summed E-state index contributed by atoms with van der Waals surface area (Å²) in [7, 11) is -3.15. The number of nitrogens with zero attached hydrogens (tertiary/aromatic N) is 2. The van der Waals surface area contributed by atoms with Gasteiger partial charge in [-0.25, -0.2) is 8.42 Å². The maximum absolute atomic E-state index is 12.6. The van der Waals surface area contributed by atoms with Crippen molar-refractivity contribution in [1.82, 2.24) is 9.21 Å². The van der Waals surface area contributed by atoms with E-state index in [0.717, 1.165) is 12.0 Å². The highest BCUT2D eigenvalue weighted by Crippen LogP contribution is 2.48. The Labute approximate surface area is 142 Å². The lowest BCUT2D eigenvalue weighted by Crippen LogP contribution is -2.51. The Hall–Kier alpha value is -1.11. The molecule has 23 heavy (non-hydrogen) atoms. The fraction of sp³-hybridized carbons (Fsp3) is 0.562. The van der Waals surface area contributed by atoms with Crippen molar-refractivity contribution < 1.29 is 13.2 Å². The van der Waals surface area contributed by atoms with Gasteiger partial charge in [0, 0.05) is 37.1 Å². The Morgan fingerprint density at radius 1 is 1.26 bits per heavy atom. The summed E-state index contributed by atoms with van der Waals surface area (Å²) in [6.45, 7) is 3.41. The second kappa shape index (κ2) is 6.42. The molecule has 0 spiro atoms. The topological polar surface area (TPSA) is 57.7 Å². The number of sulfonamides is 1. The first-order valence-corrected chi connectivity index (χ1v) is 9.93. The fourth-order valence-corrected chi connectivity index (χ4v) is 4.46. The molecule has 5 nitrogen and oxygen atoms in total. The van der Waals surface area contributed by atoms with Gasteiger partial charge in [-0.3, -0.25) is 4.79 Å². The molecule has 1 aliphatic carbocycles. The summed E-state index contributed by atoms with van der Waals surface area (Å²) in [5.74, 6) is 0.519. The summed E-state index contributed by atoms with van der Waals surface area (Å²) in [6.07, 6.45) is 0.854. The Balaban J connectivity index is 1.57. The van der Waals surface area contributed by atoms with Gasteiger partial charge in [0.05, 0.1) is 5.75 Å². The van der Waals surface area contributed by atoms with E-state index in [9.17, 15) is 13.2 Å². The molecule has 1 heterocycles. The first kappa shape index (κ1) is 16.7. The number of halogens is 1. The minimum atomic E-state index is -3.15. The molecule has 0 N–H and O–H groups in total. The lowest BCUT2D eigenvalue weighted by molar-refractivity contribution is -0.133. The number of hydrogen-bond acceptors (Lipinski definition) is 3. The van der Waals surface area contributed by atoms with Crippen LogP contribution >= 0.6 is 11.6 Å². The highest BCUT2D eigenvalue weighted by molar-refractivity contribution is 7.89. The van der Waals surface area contributed by atoms with Crippen molar-refractivity contribution in [2.24, 2.45) is 5.92 Å². The number of carbonyl (C=O) groups is 1. The number of piperazine rings is 1. The van der Waals surface area contributed by atoms with Gasteiger partial charge in [0.15, 0.2) is 0 Å². The second-order valence-electron chi connectivity index (χ2n) is 6.13. The van der Waals surface area contributed by atoms with Crippen molar-refractivity contribution in [1.29, 1.82) is 0 Å². The summed E-state index contributed by atoms with van der Waals surface area (Å²) < 4.78 is 25.2. The zero-order valence-electron chi connectivity index (χ0n) is 13.1. The highest BCUT2D eigenvalue weighted by Gasteiger charge is 2.46. The normalized spacial score (nSPS) is 25.4. The van der Waals surface area contributed by atoms with E-state index in [0.29, 0.717) is 31.2 Å². The van der Waals surface area contributed by atoms with Gasteiger partial charge in [0.2, 0.25) is 15.9 Å². The molecule has 2 unspecified atom stereocenters. The van der Waals surface area contributed by atoms with Gasteiger partial charge < -0.3 is 4.90 Å². The maximum Gasteiger partial charge on any atom is 0.226 e. The standard InChI is InChI=1S/C16H21ClN2O3S/c1-2-23(21,22)19-8-6-18(7-9-19)16(20)15-11-14(15)12-4-3-5-13(17)10-12/h3-5,10,14-15H,2,6-9,11H2,1H3. The molecule has 2 aliphatic rings. The second-order valence-corrected chi connectivity index (χ2v) is 8.82. The minimum Gasteiger partial charge on any atom is -0.340 e. The Bertz CT molecular complexity index is 699.